The van der Waals surface area contributed by atoms with E-state index in [1.165, 1.54) is 18.3 Å². The molecule has 3 N–H and O–H groups in total. The van der Waals surface area contributed by atoms with E-state index in [1.807, 2.05) is 25.2 Å². The van der Waals surface area contributed by atoms with Gasteiger partial charge in [0.15, 0.2) is 5.13 Å². The number of thiazole rings is 1. The van der Waals surface area contributed by atoms with E-state index in [2.05, 4.69) is 15.3 Å². The molecular weight excluding hydrogens is 276 g/mol. The number of carbonyl (C=O) groups excluding carboxylic acids is 1. The number of nitrogens with two attached hydrogens (primary N) is 1. The van der Waals surface area contributed by atoms with E-state index < -0.39 is 0 Å². The number of carbonyl (C=O) groups is 1. The summed E-state index contributed by atoms with van der Waals surface area (Å²) in [7, 11) is 0. The Labute approximate surface area is 120 Å². The zero-order valence-corrected chi connectivity index (χ0v) is 11.9. The molecule has 1 aromatic heterocycles. The summed E-state index contributed by atoms with van der Waals surface area (Å²) in [6, 6.07) is 0.142. The Morgan fingerprint density at radius 3 is 3.10 bits per heavy atom. The van der Waals surface area contributed by atoms with Crippen LogP contribution in [0.5, 0.6) is 0 Å². The van der Waals surface area contributed by atoms with Gasteiger partial charge in [0.25, 0.3) is 6.02 Å². The predicted molar refractivity (Wildman–Crippen MR) is 78.6 cm³/mol. The normalized spacial score (nSPS) is 23.7. The van der Waals surface area contributed by atoms with E-state index >= 15 is 0 Å². The summed E-state index contributed by atoms with van der Waals surface area (Å²) < 4.78 is 5.36. The fraction of sp³-hybridized carbons (Fsp3) is 0.308. The molecule has 2 atom stereocenters. The molecule has 104 valence electrons. The van der Waals surface area contributed by atoms with Crippen LogP contribution in [0.4, 0.5) is 5.13 Å². The number of nitrogens with one attached hydrogen (secondary N) is 1. The van der Waals surface area contributed by atoms with Crippen LogP contribution >= 0.6 is 11.3 Å². The van der Waals surface area contributed by atoms with E-state index in [-0.39, 0.29) is 24.1 Å². The van der Waals surface area contributed by atoms with Crippen molar-refractivity contribution in [1.29, 1.82) is 0 Å². The molecule has 7 heteroatoms. The van der Waals surface area contributed by atoms with Gasteiger partial charge < -0.3 is 15.8 Å². The van der Waals surface area contributed by atoms with Gasteiger partial charge in [0.05, 0.1) is 10.6 Å². The van der Waals surface area contributed by atoms with Crippen LogP contribution in [0.1, 0.15) is 17.5 Å². The fourth-order valence-electron chi connectivity index (χ4n) is 2.20. The lowest BCUT2D eigenvalue weighted by Gasteiger charge is -2.15. The van der Waals surface area contributed by atoms with E-state index in [4.69, 9.17) is 10.5 Å². The summed E-state index contributed by atoms with van der Waals surface area (Å²) in [6.45, 7) is 3.38. The number of aryl methyl sites for hydroxylation is 1. The first-order valence-corrected chi connectivity index (χ1v) is 7.00. The monoisotopic (exact) mass is 290 g/mol. The van der Waals surface area contributed by atoms with Crippen LogP contribution in [0.3, 0.4) is 0 Å². The molecule has 0 saturated carbocycles. The van der Waals surface area contributed by atoms with Crippen LogP contribution in [-0.4, -0.2) is 29.1 Å². The molecule has 0 aromatic carbocycles. The lowest BCUT2D eigenvalue weighted by molar-refractivity contribution is -0.114. The summed E-state index contributed by atoms with van der Waals surface area (Å²) in [5, 5.41) is 3.31. The van der Waals surface area contributed by atoms with Gasteiger partial charge in [-0.05, 0) is 24.6 Å². The number of allylic oxidation sites excluding steroid dienone is 2. The summed E-state index contributed by atoms with van der Waals surface area (Å²) in [6.07, 6.45) is 5.83. The van der Waals surface area contributed by atoms with Crippen LogP contribution < -0.4 is 11.1 Å². The SMILES string of the molecule is CC(=O)Nc1nc(C)c(C2=CC3N=C(N)OC3C=C2)s1. The smallest absolute Gasteiger partial charge is 0.283 e. The number of nitrogens with zero attached hydrogens (tertiary/aromatic N) is 2. The highest BCUT2D eigenvalue weighted by molar-refractivity contribution is 7.17. The molecular formula is C13H14N4O2S. The van der Waals surface area contributed by atoms with Crippen molar-refractivity contribution in [2.24, 2.45) is 10.7 Å². The lowest BCUT2D eigenvalue weighted by atomic mass is 9.99. The topological polar surface area (TPSA) is 89.6 Å². The summed E-state index contributed by atoms with van der Waals surface area (Å²) in [5.41, 5.74) is 7.48. The highest BCUT2D eigenvalue weighted by Crippen LogP contribution is 2.34. The van der Waals surface area contributed by atoms with Gasteiger partial charge in [0.1, 0.15) is 12.1 Å². The second-order valence-corrected chi connectivity index (χ2v) is 5.64. The number of aliphatic imine (C=N–C) groups is 1. The van der Waals surface area contributed by atoms with Crippen molar-refractivity contribution in [2.75, 3.05) is 5.32 Å². The number of amidine groups is 1. The third kappa shape index (κ3) is 2.32. The van der Waals surface area contributed by atoms with Crippen molar-refractivity contribution in [2.45, 2.75) is 26.0 Å². The minimum Gasteiger partial charge on any atom is -0.455 e. The highest BCUT2D eigenvalue weighted by atomic mass is 32.1. The van der Waals surface area contributed by atoms with Gasteiger partial charge in [-0.25, -0.2) is 9.98 Å². The molecule has 0 spiro atoms. The second-order valence-electron chi connectivity index (χ2n) is 4.64. The third-order valence-electron chi connectivity index (χ3n) is 3.03. The summed E-state index contributed by atoms with van der Waals surface area (Å²) in [5.74, 6) is -0.125. The number of aromatic nitrogens is 1. The van der Waals surface area contributed by atoms with Crippen molar-refractivity contribution in [3.8, 4) is 0 Å². The first kappa shape index (κ1) is 12.9. The van der Waals surface area contributed by atoms with Crippen molar-refractivity contribution >= 4 is 34.0 Å². The van der Waals surface area contributed by atoms with Crippen LogP contribution in [0.15, 0.2) is 23.2 Å². The van der Waals surface area contributed by atoms with Gasteiger partial charge >= 0.3 is 0 Å². The van der Waals surface area contributed by atoms with E-state index in [1.54, 1.807) is 0 Å². The van der Waals surface area contributed by atoms with Gasteiger partial charge in [-0.3, -0.25) is 4.79 Å². The number of fused-ring (bicyclic) bond motifs is 1. The number of amides is 1. The molecule has 2 heterocycles. The molecule has 2 aliphatic rings. The van der Waals surface area contributed by atoms with Crippen molar-refractivity contribution in [1.82, 2.24) is 4.98 Å². The quantitative estimate of drug-likeness (QED) is 0.862. The summed E-state index contributed by atoms with van der Waals surface area (Å²) >= 11 is 1.45. The van der Waals surface area contributed by atoms with Crippen LogP contribution in [0.25, 0.3) is 5.57 Å². The standard InChI is InChI=1S/C13H14N4O2S/c1-6-11(20-13(15-6)16-7(2)18)8-3-4-10-9(5-8)17-12(14)19-10/h3-5,9-10H,1-2H3,(H2,14,17)(H,15,16,18). The van der Waals surface area contributed by atoms with Gasteiger partial charge in [0.2, 0.25) is 5.91 Å². The molecule has 2 unspecified atom stereocenters. The maximum absolute atomic E-state index is 11.1. The van der Waals surface area contributed by atoms with Crippen molar-refractivity contribution < 1.29 is 9.53 Å². The minimum absolute atomic E-state index is 0.0827. The number of anilines is 1. The van der Waals surface area contributed by atoms with E-state index in [9.17, 15) is 4.79 Å². The molecule has 0 fully saturated rings. The predicted octanol–water partition coefficient (Wildman–Crippen LogP) is 1.45. The molecule has 0 bridgehead atoms. The largest absolute Gasteiger partial charge is 0.455 e. The van der Waals surface area contributed by atoms with E-state index in [0.717, 1.165) is 16.1 Å². The average molecular weight is 290 g/mol. The van der Waals surface area contributed by atoms with Crippen molar-refractivity contribution in [3.05, 3.63) is 28.8 Å². The Morgan fingerprint density at radius 1 is 1.55 bits per heavy atom. The molecule has 1 aromatic rings. The minimum atomic E-state index is -0.125. The molecule has 1 amide bonds. The molecule has 1 aliphatic heterocycles. The van der Waals surface area contributed by atoms with Gasteiger partial charge in [-0.2, -0.15) is 0 Å². The first-order chi connectivity index (χ1) is 9.52. The molecule has 0 saturated heterocycles. The Morgan fingerprint density at radius 2 is 2.35 bits per heavy atom. The molecule has 20 heavy (non-hydrogen) atoms. The maximum atomic E-state index is 11.1. The molecule has 0 radical (unpaired) electrons. The Balaban J connectivity index is 1.90. The second kappa shape index (κ2) is 4.75. The fourth-order valence-corrected chi connectivity index (χ4v) is 3.22. The Hall–Kier alpha value is -2.15. The third-order valence-corrected chi connectivity index (χ3v) is 4.15. The van der Waals surface area contributed by atoms with Gasteiger partial charge in [-0.15, -0.1) is 0 Å². The molecule has 6 nitrogen and oxygen atoms in total. The van der Waals surface area contributed by atoms with Crippen LogP contribution in [0, 0.1) is 6.92 Å². The Bertz CT molecular complexity index is 659. The molecule has 3 rings (SSSR count). The van der Waals surface area contributed by atoms with Crippen LogP contribution in [-0.2, 0) is 9.53 Å². The number of ether oxygens (including phenoxy) is 1. The van der Waals surface area contributed by atoms with Gasteiger partial charge in [-0.1, -0.05) is 17.4 Å². The van der Waals surface area contributed by atoms with E-state index in [0.29, 0.717) is 5.13 Å². The van der Waals surface area contributed by atoms with Gasteiger partial charge in [0, 0.05) is 6.92 Å². The number of hydrogen-bond donors (Lipinski definition) is 2. The lowest BCUT2D eigenvalue weighted by Crippen LogP contribution is -2.22. The number of rotatable bonds is 2. The molecule has 1 aliphatic carbocycles. The maximum Gasteiger partial charge on any atom is 0.283 e. The first-order valence-electron chi connectivity index (χ1n) is 6.18. The Kier molecular flexibility index (Phi) is 3.06. The van der Waals surface area contributed by atoms with Crippen molar-refractivity contribution in [3.63, 3.8) is 0 Å². The van der Waals surface area contributed by atoms with Crippen LogP contribution in [0.2, 0.25) is 0 Å². The zero-order valence-electron chi connectivity index (χ0n) is 11.1. The highest BCUT2D eigenvalue weighted by Gasteiger charge is 2.29. The average Bonchev–Trinajstić information content (AvgIpc) is 2.89. The summed E-state index contributed by atoms with van der Waals surface area (Å²) in [4.78, 5) is 20.7. The zero-order chi connectivity index (χ0) is 14.3. The number of hydrogen-bond acceptors (Lipinski definition) is 6.